The Bertz CT molecular complexity index is 156. The summed E-state index contributed by atoms with van der Waals surface area (Å²) < 4.78 is 0. The van der Waals surface area contributed by atoms with Gasteiger partial charge in [-0.3, -0.25) is 0 Å². The number of unbranched alkanes of at least 4 members (excludes halogenated alkanes) is 6. The van der Waals surface area contributed by atoms with Gasteiger partial charge in [-0.1, -0.05) is 85.0 Å². The zero-order valence-electron chi connectivity index (χ0n) is 15.1. The Morgan fingerprint density at radius 1 is 0.750 bits per heavy atom. The van der Waals surface area contributed by atoms with Crippen molar-refractivity contribution in [2.24, 2.45) is 11.8 Å². The van der Waals surface area contributed by atoms with Crippen molar-refractivity contribution in [2.75, 3.05) is 0 Å². The summed E-state index contributed by atoms with van der Waals surface area (Å²) >= 11 is 0. The molecule has 0 aliphatic carbocycles. The monoisotopic (exact) mass is 357 g/mol. The normalized spacial score (nSPS) is 13.2. The minimum Gasteiger partial charge on any atom is -0.358 e. The molecular weight excluding hydrogens is 317 g/mol. The molecule has 0 aromatic carbocycles. The Labute approximate surface area is 156 Å². The molecule has 0 amide bonds. The summed E-state index contributed by atoms with van der Waals surface area (Å²) in [7, 11) is 0. The van der Waals surface area contributed by atoms with Gasteiger partial charge in [0, 0.05) is 32.7 Å². The Morgan fingerprint density at radius 2 is 1.25 bits per heavy atom. The van der Waals surface area contributed by atoms with Crippen LogP contribution in [0, 0.1) is 25.7 Å². The van der Waals surface area contributed by atoms with Crippen LogP contribution in [-0.4, -0.2) is 0 Å². The summed E-state index contributed by atoms with van der Waals surface area (Å²) in [5, 5.41) is 0. The van der Waals surface area contributed by atoms with Gasteiger partial charge >= 0.3 is 0 Å². The summed E-state index contributed by atoms with van der Waals surface area (Å²) in [4.78, 5) is 0. The van der Waals surface area contributed by atoms with E-state index in [1.165, 1.54) is 70.6 Å². The van der Waals surface area contributed by atoms with Crippen molar-refractivity contribution >= 4 is 0 Å². The molecule has 2 unspecified atom stereocenters. The van der Waals surface area contributed by atoms with Gasteiger partial charge in [-0.2, -0.15) is 13.3 Å². The Balaban J connectivity index is -0.00000144. The average Bonchev–Trinajstić information content (AvgIpc) is 2.37. The maximum atomic E-state index is 2.45. The molecule has 0 heterocycles. The number of hydrogen-bond donors (Lipinski definition) is 0. The third-order valence-electron chi connectivity index (χ3n) is 4.28. The molecule has 0 spiro atoms. The van der Waals surface area contributed by atoms with E-state index in [1.807, 2.05) is 0 Å². The molecule has 0 bridgehead atoms. The van der Waals surface area contributed by atoms with Crippen molar-refractivity contribution in [1.29, 1.82) is 0 Å². The Morgan fingerprint density at radius 3 is 1.85 bits per heavy atom. The number of hydrogen-bond acceptors (Lipinski definition) is 0. The van der Waals surface area contributed by atoms with Gasteiger partial charge in [-0.05, 0) is 11.8 Å². The van der Waals surface area contributed by atoms with Crippen LogP contribution in [0.3, 0.4) is 0 Å². The van der Waals surface area contributed by atoms with Crippen molar-refractivity contribution in [1.82, 2.24) is 0 Å². The summed E-state index contributed by atoms with van der Waals surface area (Å²) in [5.41, 5.74) is 0. The molecule has 0 saturated carbocycles. The van der Waals surface area contributed by atoms with Crippen LogP contribution in [0.1, 0.15) is 98.3 Å². The fourth-order valence-corrected chi connectivity index (χ4v) is 2.53. The van der Waals surface area contributed by atoms with Gasteiger partial charge in [0.05, 0.1) is 0 Å². The van der Waals surface area contributed by atoms with E-state index in [1.54, 1.807) is 0 Å². The van der Waals surface area contributed by atoms with Gasteiger partial charge in [0.25, 0.3) is 0 Å². The molecular formula is C19H40Y-2. The van der Waals surface area contributed by atoms with E-state index in [9.17, 15) is 0 Å². The first-order chi connectivity index (χ1) is 8.70. The summed E-state index contributed by atoms with van der Waals surface area (Å²) in [6.07, 6.45) is 18.0. The fraction of sp³-hybridized carbons (Fsp3) is 0.895. The summed E-state index contributed by atoms with van der Waals surface area (Å²) in [5.74, 6) is 1.89. The quantitative estimate of drug-likeness (QED) is 0.241. The molecule has 0 aliphatic heterocycles. The van der Waals surface area contributed by atoms with E-state index in [-0.39, 0.29) is 40.1 Å². The SMILES string of the molecule is C[CH-]CCCCCCCC(C)CCCC(C)CC.[CH3-].[Y]. The van der Waals surface area contributed by atoms with Crippen LogP contribution in [0.5, 0.6) is 0 Å². The van der Waals surface area contributed by atoms with Crippen LogP contribution >= 0.6 is 0 Å². The van der Waals surface area contributed by atoms with Crippen LogP contribution in [0.25, 0.3) is 0 Å². The molecule has 1 radical (unpaired) electrons. The van der Waals surface area contributed by atoms with Gasteiger partial charge in [-0.15, -0.1) is 0 Å². The summed E-state index contributed by atoms with van der Waals surface area (Å²) in [6, 6.07) is 0. The van der Waals surface area contributed by atoms with Crippen molar-refractivity contribution in [3.8, 4) is 0 Å². The third-order valence-corrected chi connectivity index (χ3v) is 4.28. The van der Waals surface area contributed by atoms with Crippen molar-refractivity contribution in [2.45, 2.75) is 98.3 Å². The second-order valence-electron chi connectivity index (χ2n) is 6.30. The second-order valence-corrected chi connectivity index (χ2v) is 6.30. The second kappa shape index (κ2) is 20.1. The van der Waals surface area contributed by atoms with Crippen LogP contribution in [0.2, 0.25) is 0 Å². The van der Waals surface area contributed by atoms with Gasteiger partial charge < -0.3 is 13.8 Å². The molecule has 0 rings (SSSR count). The molecule has 20 heavy (non-hydrogen) atoms. The van der Waals surface area contributed by atoms with E-state index in [0.29, 0.717) is 0 Å². The molecule has 0 aromatic heterocycles. The van der Waals surface area contributed by atoms with Crippen LogP contribution in [-0.2, 0) is 32.7 Å². The molecule has 0 N–H and O–H groups in total. The maximum absolute atomic E-state index is 2.45. The average molecular weight is 357 g/mol. The minimum atomic E-state index is 0. The first-order valence-electron chi connectivity index (χ1n) is 8.48. The largest absolute Gasteiger partial charge is 0.358 e. The van der Waals surface area contributed by atoms with Gasteiger partial charge in [0.1, 0.15) is 0 Å². The molecule has 0 aromatic rings. The molecule has 1 heteroatoms. The third kappa shape index (κ3) is 19.1. The Hall–Kier alpha value is 1.10. The van der Waals surface area contributed by atoms with Gasteiger partial charge in [-0.25, -0.2) is 0 Å². The maximum Gasteiger partial charge on any atom is 0 e. The van der Waals surface area contributed by atoms with Crippen molar-refractivity contribution in [3.05, 3.63) is 13.8 Å². The summed E-state index contributed by atoms with van der Waals surface area (Å²) in [6.45, 7) is 9.31. The van der Waals surface area contributed by atoms with E-state index in [2.05, 4.69) is 34.1 Å². The van der Waals surface area contributed by atoms with E-state index in [0.717, 1.165) is 11.8 Å². The zero-order valence-corrected chi connectivity index (χ0v) is 17.9. The predicted octanol–water partition coefficient (Wildman–Crippen LogP) is 7.24. The zero-order chi connectivity index (χ0) is 13.6. The molecule has 0 saturated heterocycles. The smallest absolute Gasteiger partial charge is 0 e. The van der Waals surface area contributed by atoms with E-state index >= 15 is 0 Å². The van der Waals surface area contributed by atoms with Gasteiger partial charge in [0.2, 0.25) is 0 Å². The number of rotatable bonds is 13. The molecule has 0 aliphatic rings. The topological polar surface area (TPSA) is 0 Å². The predicted molar refractivity (Wildman–Crippen MR) is 91.2 cm³/mol. The standard InChI is InChI=1S/C18H37.CH3.Y/c1-5-7-8-9-10-11-12-14-18(4)16-13-15-17(3)6-2;;/h5,17-18H,6-16H2,1-4H3;1H3;/q2*-1;. The molecule has 0 nitrogen and oxygen atoms in total. The van der Waals surface area contributed by atoms with E-state index < -0.39 is 0 Å². The van der Waals surface area contributed by atoms with Crippen LogP contribution in [0.15, 0.2) is 0 Å². The van der Waals surface area contributed by atoms with E-state index in [4.69, 9.17) is 0 Å². The first kappa shape index (κ1) is 26.0. The van der Waals surface area contributed by atoms with Crippen LogP contribution < -0.4 is 0 Å². The molecule has 2 atom stereocenters. The first-order valence-corrected chi connectivity index (χ1v) is 8.48. The fourth-order valence-electron chi connectivity index (χ4n) is 2.53. The molecule has 0 fully saturated rings. The Kier molecular flexibility index (Phi) is 26.2. The minimum absolute atomic E-state index is 0. The van der Waals surface area contributed by atoms with Gasteiger partial charge in [0.15, 0.2) is 0 Å². The molecule has 121 valence electrons. The van der Waals surface area contributed by atoms with Crippen molar-refractivity contribution < 1.29 is 32.7 Å². The van der Waals surface area contributed by atoms with Crippen molar-refractivity contribution in [3.63, 3.8) is 0 Å². The van der Waals surface area contributed by atoms with Crippen LogP contribution in [0.4, 0.5) is 0 Å².